The molecule has 0 spiro atoms. The predicted molar refractivity (Wildman–Crippen MR) is 102 cm³/mol. The summed E-state index contributed by atoms with van der Waals surface area (Å²) in [7, 11) is 1.74. The number of nitrogens with zero attached hydrogens (tertiary/aromatic N) is 1. The number of benzene rings is 1. The van der Waals surface area contributed by atoms with E-state index in [0.717, 1.165) is 5.56 Å². The number of nitrogens with one attached hydrogen (secondary N) is 2. The minimum absolute atomic E-state index is 0.0642. The fourth-order valence-electron chi connectivity index (χ4n) is 4.87. The Morgan fingerprint density at radius 1 is 1.24 bits per heavy atom. The van der Waals surface area contributed by atoms with Crippen LogP contribution in [0.15, 0.2) is 18.2 Å². The Morgan fingerprint density at radius 3 is 2.62 bits per heavy atom. The van der Waals surface area contributed by atoms with Crippen molar-refractivity contribution in [1.29, 1.82) is 0 Å². The molecule has 0 saturated heterocycles. The Hall–Kier alpha value is -2.81. The molecule has 1 aromatic rings. The van der Waals surface area contributed by atoms with E-state index < -0.39 is 23.3 Å². The van der Waals surface area contributed by atoms with Gasteiger partial charge in [-0.25, -0.2) is 4.79 Å². The average molecular weight is 403 g/mol. The molecule has 3 aliphatic carbocycles. The standard InChI is InChI=1S/C20H25N3O6/c1-23-10-12-2-3-13(8-14(12)17(23)26)29-11-16(25)21-19-4-6-20(7-5-19,15(24)9-19)22-18(27)28/h2-3,8,15,22,24H,4-7,9-11H2,1H3,(H,21,25)(H,27,28). The van der Waals surface area contributed by atoms with E-state index in [4.69, 9.17) is 9.84 Å². The molecule has 1 unspecified atom stereocenters. The highest BCUT2D eigenvalue weighted by Crippen LogP contribution is 2.47. The van der Waals surface area contributed by atoms with Crippen LogP contribution in [0.2, 0.25) is 0 Å². The average Bonchev–Trinajstić information content (AvgIpc) is 2.95. The molecule has 1 aromatic carbocycles. The number of aliphatic hydroxyl groups is 1. The zero-order valence-electron chi connectivity index (χ0n) is 16.2. The maximum Gasteiger partial charge on any atom is 0.405 e. The number of hydrogen-bond donors (Lipinski definition) is 4. The van der Waals surface area contributed by atoms with Gasteiger partial charge in [-0.1, -0.05) is 6.07 Å². The van der Waals surface area contributed by atoms with Crippen molar-refractivity contribution in [3.05, 3.63) is 29.3 Å². The maximum absolute atomic E-state index is 12.5. The van der Waals surface area contributed by atoms with E-state index >= 15 is 0 Å². The molecular weight excluding hydrogens is 378 g/mol. The molecule has 9 heteroatoms. The molecule has 29 heavy (non-hydrogen) atoms. The van der Waals surface area contributed by atoms with E-state index in [1.165, 1.54) is 0 Å². The van der Waals surface area contributed by atoms with Crippen LogP contribution in [-0.2, 0) is 11.3 Å². The quantitative estimate of drug-likeness (QED) is 0.577. The van der Waals surface area contributed by atoms with Crippen molar-refractivity contribution in [2.24, 2.45) is 0 Å². The lowest BCUT2D eigenvalue weighted by Gasteiger charge is -2.55. The van der Waals surface area contributed by atoms with Crippen LogP contribution in [0, 0.1) is 0 Å². The molecule has 0 aromatic heterocycles. The van der Waals surface area contributed by atoms with Crippen LogP contribution in [0.5, 0.6) is 5.75 Å². The third-order valence-electron chi connectivity index (χ3n) is 6.52. The van der Waals surface area contributed by atoms with Crippen LogP contribution in [0.25, 0.3) is 0 Å². The third-order valence-corrected chi connectivity index (χ3v) is 6.52. The van der Waals surface area contributed by atoms with Crippen LogP contribution in [0.4, 0.5) is 4.79 Å². The molecule has 1 aliphatic heterocycles. The van der Waals surface area contributed by atoms with Gasteiger partial charge in [0.05, 0.1) is 11.6 Å². The van der Waals surface area contributed by atoms with Crippen molar-refractivity contribution >= 4 is 17.9 Å². The molecule has 3 saturated carbocycles. The highest BCUT2D eigenvalue weighted by molar-refractivity contribution is 5.98. The highest BCUT2D eigenvalue weighted by atomic mass is 16.5. The van der Waals surface area contributed by atoms with E-state index in [0.29, 0.717) is 50.0 Å². The van der Waals surface area contributed by atoms with E-state index in [1.807, 2.05) is 6.07 Å². The number of amides is 3. The molecule has 9 nitrogen and oxygen atoms in total. The summed E-state index contributed by atoms with van der Waals surface area (Å²) in [4.78, 5) is 37.2. The Morgan fingerprint density at radius 2 is 1.97 bits per heavy atom. The molecule has 1 heterocycles. The number of aliphatic hydroxyl groups excluding tert-OH is 1. The van der Waals surface area contributed by atoms with Crippen molar-refractivity contribution < 1.29 is 29.3 Å². The van der Waals surface area contributed by atoms with Crippen molar-refractivity contribution in [3.63, 3.8) is 0 Å². The molecule has 4 aliphatic rings. The van der Waals surface area contributed by atoms with E-state index in [-0.39, 0.29) is 18.4 Å². The van der Waals surface area contributed by atoms with Gasteiger partial charge in [-0.15, -0.1) is 0 Å². The van der Waals surface area contributed by atoms with Gasteiger partial charge < -0.3 is 30.5 Å². The lowest BCUT2D eigenvalue weighted by Crippen LogP contribution is -2.70. The first-order chi connectivity index (χ1) is 13.7. The van der Waals surface area contributed by atoms with Gasteiger partial charge in [0.2, 0.25) is 0 Å². The second kappa shape index (κ2) is 6.91. The second-order valence-electron chi connectivity index (χ2n) is 8.40. The van der Waals surface area contributed by atoms with Crippen LogP contribution < -0.4 is 15.4 Å². The van der Waals surface area contributed by atoms with Crippen LogP contribution in [0.3, 0.4) is 0 Å². The summed E-state index contributed by atoms with van der Waals surface area (Å²) in [6.07, 6.45) is 0.450. The van der Waals surface area contributed by atoms with Crippen molar-refractivity contribution in [1.82, 2.24) is 15.5 Å². The molecule has 0 radical (unpaired) electrons. The minimum atomic E-state index is -1.14. The summed E-state index contributed by atoms with van der Waals surface area (Å²) in [5.74, 6) is 0.0874. The smallest absolute Gasteiger partial charge is 0.405 e. The Kier molecular flexibility index (Phi) is 4.65. The fraction of sp³-hybridized carbons (Fsp3) is 0.550. The first-order valence-electron chi connectivity index (χ1n) is 9.73. The van der Waals surface area contributed by atoms with Crippen molar-refractivity contribution in [2.45, 2.75) is 55.8 Å². The van der Waals surface area contributed by atoms with Crippen molar-refractivity contribution in [2.75, 3.05) is 13.7 Å². The van der Waals surface area contributed by atoms with Gasteiger partial charge in [0.1, 0.15) is 5.75 Å². The van der Waals surface area contributed by atoms with Crippen LogP contribution in [0.1, 0.15) is 48.0 Å². The monoisotopic (exact) mass is 403 g/mol. The lowest BCUT2D eigenvalue weighted by atomic mass is 9.60. The lowest BCUT2D eigenvalue weighted by molar-refractivity contribution is -0.129. The topological polar surface area (TPSA) is 128 Å². The number of carbonyl (C=O) groups excluding carboxylic acids is 2. The summed E-state index contributed by atoms with van der Waals surface area (Å²) in [6, 6.07) is 5.23. The zero-order valence-corrected chi connectivity index (χ0v) is 16.2. The first-order valence-corrected chi connectivity index (χ1v) is 9.73. The number of carbonyl (C=O) groups is 3. The number of ether oxygens (including phenoxy) is 1. The number of hydrogen-bond acceptors (Lipinski definition) is 5. The van der Waals surface area contributed by atoms with Gasteiger partial charge in [-0.05, 0) is 49.8 Å². The second-order valence-corrected chi connectivity index (χ2v) is 8.40. The number of fused-ring (bicyclic) bond motifs is 4. The van der Waals surface area contributed by atoms with E-state index in [9.17, 15) is 19.5 Å². The predicted octanol–water partition coefficient (Wildman–Crippen LogP) is 0.851. The van der Waals surface area contributed by atoms with Gasteiger partial charge in [0.25, 0.3) is 11.8 Å². The highest BCUT2D eigenvalue weighted by Gasteiger charge is 2.55. The summed E-state index contributed by atoms with van der Waals surface area (Å²) in [5.41, 5.74) is 0.163. The van der Waals surface area contributed by atoms with Gasteiger partial charge in [-0.2, -0.15) is 0 Å². The van der Waals surface area contributed by atoms with Gasteiger partial charge in [0, 0.05) is 24.7 Å². The Balaban J connectivity index is 1.34. The minimum Gasteiger partial charge on any atom is -0.484 e. The van der Waals surface area contributed by atoms with Crippen molar-refractivity contribution in [3.8, 4) is 5.75 Å². The SMILES string of the molecule is CN1Cc2ccc(OCC(=O)NC34CCC(NC(=O)O)(CC3)C(O)C4)cc2C1=O. The molecule has 3 fully saturated rings. The van der Waals surface area contributed by atoms with Gasteiger partial charge in [-0.3, -0.25) is 9.59 Å². The largest absolute Gasteiger partial charge is 0.484 e. The van der Waals surface area contributed by atoms with E-state index in [1.54, 1.807) is 24.1 Å². The molecule has 1 atom stereocenters. The first kappa shape index (κ1) is 19.5. The molecule has 4 N–H and O–H groups in total. The maximum atomic E-state index is 12.5. The molecular formula is C20H25N3O6. The molecule has 3 amide bonds. The number of rotatable bonds is 5. The van der Waals surface area contributed by atoms with Gasteiger partial charge in [0.15, 0.2) is 6.61 Å². The fourth-order valence-corrected chi connectivity index (χ4v) is 4.87. The number of carboxylic acid groups (broad SMARTS) is 1. The zero-order chi connectivity index (χ0) is 20.8. The molecule has 2 bridgehead atoms. The Bertz CT molecular complexity index is 862. The summed E-state index contributed by atoms with van der Waals surface area (Å²) >= 11 is 0. The van der Waals surface area contributed by atoms with E-state index in [2.05, 4.69) is 10.6 Å². The molecule has 5 rings (SSSR count). The summed E-state index contributed by atoms with van der Waals surface area (Å²) in [6.45, 7) is 0.372. The third kappa shape index (κ3) is 3.50. The normalized spacial score (nSPS) is 30.1. The van der Waals surface area contributed by atoms with Crippen LogP contribution >= 0.6 is 0 Å². The summed E-state index contributed by atoms with van der Waals surface area (Å²) < 4.78 is 5.58. The molecule has 156 valence electrons. The Labute approximate surface area is 168 Å². The van der Waals surface area contributed by atoms with Crippen LogP contribution in [-0.4, -0.2) is 63.9 Å². The summed E-state index contributed by atoms with van der Waals surface area (Å²) in [5, 5.41) is 25.0. The van der Waals surface area contributed by atoms with Gasteiger partial charge >= 0.3 is 6.09 Å².